The molecule has 2 N–H and O–H groups in total. The van der Waals surface area contributed by atoms with Crippen molar-refractivity contribution >= 4 is 29.3 Å². The molecule has 0 aromatic heterocycles. The van der Waals surface area contributed by atoms with Crippen molar-refractivity contribution in [3.05, 3.63) is 111 Å². The van der Waals surface area contributed by atoms with Crippen LogP contribution in [-0.2, 0) is 16.6 Å². The fraction of sp³-hybridized carbons (Fsp3) is 0.391. The number of alkyl halides is 12. The van der Waals surface area contributed by atoms with E-state index in [1.165, 1.54) is 45.0 Å². The summed E-state index contributed by atoms with van der Waals surface area (Å²) >= 11 is 0. The van der Waals surface area contributed by atoms with Crippen LogP contribution >= 0.6 is 0 Å². The molecule has 8 nitrogen and oxygen atoms in total. The van der Waals surface area contributed by atoms with Crippen molar-refractivity contribution in [2.75, 3.05) is 4.90 Å². The SMILES string of the molecule is CCC(C)(CC)c1cc(C)c(-c2cc(C(O)(C(F)(F)F)C(F)(F)F)c(N3C(=O)c4ccc(-c5ccc6c(c5)C(=O)N(C(C)(C)C)C6=O)cc4C3=O)cc2C)cc1C(O)(C(F)(F)F)C(F)(F)F. The Morgan fingerprint density at radius 1 is 0.455 bits per heavy atom. The minimum absolute atomic E-state index is 0.0187. The van der Waals surface area contributed by atoms with E-state index in [0.29, 0.717) is 6.07 Å². The van der Waals surface area contributed by atoms with Gasteiger partial charge in [-0.25, -0.2) is 4.90 Å². The highest BCUT2D eigenvalue weighted by molar-refractivity contribution is 6.35. The van der Waals surface area contributed by atoms with Gasteiger partial charge in [0.05, 0.1) is 27.9 Å². The fourth-order valence-electron chi connectivity index (χ4n) is 8.49. The number of anilines is 1. The molecule has 2 aliphatic rings. The average molecular weight is 945 g/mol. The highest BCUT2D eigenvalue weighted by atomic mass is 19.4. The maximum atomic E-state index is 14.9. The molecule has 0 saturated carbocycles. The lowest BCUT2D eigenvalue weighted by molar-refractivity contribution is -0.376. The standard InChI is InChI=1S/C46H40F12N2O6/c1-9-40(8,10-2)31-15-21(3)27(19-32(31)41(65,43(47,48)49)44(50,51)52)28-20-33(42(66,45(53,54)55)46(56,57)58)34(16-22(28)4)59-35(61)25-13-11-23(17-29(25)36(59)62)24-12-14-26-30(18-24)38(64)60(37(26)63)39(5,6)7/h11-20,65-66H,9-10H2,1-8H3. The number of aliphatic hydroxyl groups is 2. The van der Waals surface area contributed by atoms with Crippen molar-refractivity contribution in [1.29, 1.82) is 0 Å². The molecule has 0 radical (unpaired) electrons. The number of hydrogen-bond donors (Lipinski definition) is 2. The van der Waals surface area contributed by atoms with Gasteiger partial charge in [-0.2, -0.15) is 52.7 Å². The molecule has 354 valence electrons. The van der Waals surface area contributed by atoms with Crippen molar-refractivity contribution in [1.82, 2.24) is 4.90 Å². The Labute approximate surface area is 368 Å². The Bertz CT molecular complexity index is 2690. The second-order valence-electron chi connectivity index (χ2n) is 17.7. The summed E-state index contributed by atoms with van der Waals surface area (Å²) in [6, 6.07) is 8.72. The number of carbonyl (C=O) groups is 4. The summed E-state index contributed by atoms with van der Waals surface area (Å²) in [6.07, 6.45) is -26.6. The van der Waals surface area contributed by atoms with Gasteiger partial charge in [0.2, 0.25) is 0 Å². The third-order valence-corrected chi connectivity index (χ3v) is 12.6. The third kappa shape index (κ3) is 7.25. The first-order chi connectivity index (χ1) is 29.9. The van der Waals surface area contributed by atoms with E-state index in [1.54, 1.807) is 20.8 Å². The highest BCUT2D eigenvalue weighted by Gasteiger charge is 2.74. The van der Waals surface area contributed by atoms with Crippen LogP contribution in [0.25, 0.3) is 22.3 Å². The monoisotopic (exact) mass is 944 g/mol. The van der Waals surface area contributed by atoms with Crippen molar-refractivity contribution < 1.29 is 82.1 Å². The van der Waals surface area contributed by atoms with Gasteiger partial charge in [-0.05, 0) is 134 Å². The Morgan fingerprint density at radius 2 is 0.818 bits per heavy atom. The van der Waals surface area contributed by atoms with Gasteiger partial charge in [-0.15, -0.1) is 0 Å². The third-order valence-electron chi connectivity index (χ3n) is 12.6. The van der Waals surface area contributed by atoms with Gasteiger partial charge in [-0.3, -0.25) is 24.1 Å². The summed E-state index contributed by atoms with van der Waals surface area (Å²) < 4.78 is 177. The molecular weight excluding hydrogens is 904 g/mol. The number of fused-ring (bicyclic) bond motifs is 2. The summed E-state index contributed by atoms with van der Waals surface area (Å²) in [5, 5.41) is 21.7. The molecule has 2 heterocycles. The normalized spacial score (nSPS) is 15.6. The molecule has 66 heavy (non-hydrogen) atoms. The largest absolute Gasteiger partial charge is 0.430 e. The first kappa shape index (κ1) is 49.7. The molecule has 6 rings (SSSR count). The summed E-state index contributed by atoms with van der Waals surface area (Å²) in [4.78, 5) is 55.4. The number of aryl methyl sites for hydroxylation is 2. The zero-order chi connectivity index (χ0) is 50.0. The van der Waals surface area contributed by atoms with E-state index in [0.717, 1.165) is 36.9 Å². The number of amides is 4. The van der Waals surface area contributed by atoms with E-state index < -0.39 is 121 Å². The van der Waals surface area contributed by atoms with Crippen LogP contribution in [0.4, 0.5) is 58.4 Å². The highest BCUT2D eigenvalue weighted by Crippen LogP contribution is 2.57. The minimum atomic E-state index is -6.71. The Kier molecular flexibility index (Phi) is 11.6. The summed E-state index contributed by atoms with van der Waals surface area (Å²) in [5.41, 5.74) is -23.6. The number of rotatable bonds is 8. The minimum Gasteiger partial charge on any atom is -0.369 e. The number of hydrogen-bond acceptors (Lipinski definition) is 6. The van der Waals surface area contributed by atoms with Crippen LogP contribution in [-0.4, -0.2) is 69.0 Å². The number of nitrogens with zero attached hydrogens (tertiary/aromatic N) is 2. The lowest BCUT2D eigenvalue weighted by atomic mass is 9.70. The molecule has 4 aromatic carbocycles. The Balaban J connectivity index is 1.60. The van der Waals surface area contributed by atoms with Crippen LogP contribution < -0.4 is 4.90 Å². The van der Waals surface area contributed by atoms with Gasteiger partial charge >= 0.3 is 24.7 Å². The van der Waals surface area contributed by atoms with E-state index in [2.05, 4.69) is 0 Å². The lowest BCUT2D eigenvalue weighted by Gasteiger charge is -2.39. The first-order valence-electron chi connectivity index (χ1n) is 20.0. The van der Waals surface area contributed by atoms with Gasteiger partial charge in [0, 0.05) is 16.7 Å². The molecule has 20 heteroatoms. The molecule has 4 amide bonds. The van der Waals surface area contributed by atoms with Crippen LogP contribution in [0.2, 0.25) is 0 Å². The molecular formula is C46H40F12N2O6. The molecule has 0 bridgehead atoms. The molecule has 0 atom stereocenters. The summed E-state index contributed by atoms with van der Waals surface area (Å²) in [6.45, 7) is 11.1. The fourth-order valence-corrected chi connectivity index (χ4v) is 8.49. The average Bonchev–Trinajstić information content (AvgIpc) is 3.60. The van der Waals surface area contributed by atoms with E-state index >= 15 is 0 Å². The summed E-state index contributed by atoms with van der Waals surface area (Å²) in [5.74, 6) is -4.25. The number of halogens is 12. The van der Waals surface area contributed by atoms with Crippen molar-refractivity contribution in [2.24, 2.45) is 0 Å². The number of carbonyl (C=O) groups excluding carboxylic acids is 4. The predicted molar refractivity (Wildman–Crippen MR) is 215 cm³/mol. The van der Waals surface area contributed by atoms with Crippen LogP contribution in [0.5, 0.6) is 0 Å². The summed E-state index contributed by atoms with van der Waals surface area (Å²) in [7, 11) is 0. The van der Waals surface area contributed by atoms with Crippen molar-refractivity contribution in [2.45, 2.75) is 115 Å². The van der Waals surface area contributed by atoms with Crippen molar-refractivity contribution in [3.8, 4) is 22.3 Å². The quantitative estimate of drug-likeness (QED) is 0.134. The van der Waals surface area contributed by atoms with E-state index in [1.807, 2.05) is 0 Å². The number of imide groups is 2. The van der Waals surface area contributed by atoms with Gasteiger partial charge in [-0.1, -0.05) is 39.0 Å². The zero-order valence-electron chi connectivity index (χ0n) is 36.1. The van der Waals surface area contributed by atoms with Crippen LogP contribution in [0.1, 0.15) is 124 Å². The molecule has 0 saturated heterocycles. The molecule has 0 fully saturated rings. The smallest absolute Gasteiger partial charge is 0.369 e. The predicted octanol–water partition coefficient (Wildman–Crippen LogP) is 11.5. The second-order valence-corrected chi connectivity index (χ2v) is 17.7. The van der Waals surface area contributed by atoms with E-state index in [-0.39, 0.29) is 57.7 Å². The molecule has 0 unspecified atom stereocenters. The Morgan fingerprint density at radius 3 is 1.24 bits per heavy atom. The first-order valence-corrected chi connectivity index (χ1v) is 20.0. The van der Waals surface area contributed by atoms with E-state index in [9.17, 15) is 82.1 Å². The topological polar surface area (TPSA) is 115 Å². The Hall–Kier alpha value is -5.76. The van der Waals surface area contributed by atoms with Gasteiger partial charge in [0.15, 0.2) is 0 Å². The number of benzene rings is 4. The van der Waals surface area contributed by atoms with E-state index in [4.69, 9.17) is 0 Å². The molecule has 2 aliphatic heterocycles. The van der Waals surface area contributed by atoms with Gasteiger partial charge in [0.25, 0.3) is 34.8 Å². The van der Waals surface area contributed by atoms with Gasteiger partial charge in [0.1, 0.15) is 0 Å². The van der Waals surface area contributed by atoms with Crippen LogP contribution in [0, 0.1) is 13.8 Å². The molecule has 4 aromatic rings. The lowest BCUT2D eigenvalue weighted by Crippen LogP contribution is -2.55. The van der Waals surface area contributed by atoms with Gasteiger partial charge < -0.3 is 10.2 Å². The van der Waals surface area contributed by atoms with Crippen LogP contribution in [0.15, 0.2) is 60.7 Å². The second kappa shape index (κ2) is 15.4. The zero-order valence-corrected chi connectivity index (χ0v) is 36.1. The maximum Gasteiger partial charge on any atom is 0.430 e. The molecule has 0 aliphatic carbocycles. The van der Waals surface area contributed by atoms with Crippen molar-refractivity contribution in [3.63, 3.8) is 0 Å². The maximum absolute atomic E-state index is 14.9. The molecule has 0 spiro atoms. The van der Waals surface area contributed by atoms with Crippen LogP contribution in [0.3, 0.4) is 0 Å².